The lowest BCUT2D eigenvalue weighted by molar-refractivity contribution is -0.166. The number of carbonyl (C=O) groups is 2. The summed E-state index contributed by atoms with van der Waals surface area (Å²) in [4.78, 5) is 26.0. The predicted octanol–water partition coefficient (Wildman–Crippen LogP) is 0.157. The van der Waals surface area contributed by atoms with Gasteiger partial charge in [0.2, 0.25) is 0 Å². The van der Waals surface area contributed by atoms with Crippen LogP contribution < -0.4 is 0 Å². The quantitative estimate of drug-likeness (QED) is 0.739. The molecule has 2 bridgehead atoms. The summed E-state index contributed by atoms with van der Waals surface area (Å²) in [6, 6.07) is 6.27. The first-order valence-corrected chi connectivity index (χ1v) is 6.59. The Balaban J connectivity index is 1.70. The van der Waals surface area contributed by atoms with Crippen molar-refractivity contribution in [2.75, 3.05) is 6.61 Å². The number of aliphatic hydroxyl groups is 1. The highest BCUT2D eigenvalue weighted by atomic mass is 16.7. The van der Waals surface area contributed by atoms with Crippen LogP contribution in [0.1, 0.15) is 27.1 Å². The van der Waals surface area contributed by atoms with Gasteiger partial charge in [0.15, 0.2) is 6.29 Å². The molecule has 6 nitrogen and oxygen atoms in total. The van der Waals surface area contributed by atoms with Crippen molar-refractivity contribution in [2.45, 2.75) is 31.0 Å². The van der Waals surface area contributed by atoms with Gasteiger partial charge in [-0.2, -0.15) is 0 Å². The summed E-state index contributed by atoms with van der Waals surface area (Å²) in [5.41, 5.74) is 0.820. The lowest BCUT2D eigenvalue weighted by atomic mass is 10.00. The third-order valence-corrected chi connectivity index (χ3v) is 4.12. The van der Waals surface area contributed by atoms with Gasteiger partial charge in [-0.05, 0) is 12.1 Å². The second-order valence-electron chi connectivity index (χ2n) is 5.27. The molecule has 4 atom stereocenters. The van der Waals surface area contributed by atoms with Crippen LogP contribution in [0.25, 0.3) is 0 Å². The number of nitrogens with zero attached hydrogens (tertiary/aromatic N) is 1. The molecule has 1 N–H and O–H groups in total. The van der Waals surface area contributed by atoms with Gasteiger partial charge in [-0.15, -0.1) is 0 Å². The Labute approximate surface area is 114 Å². The zero-order chi connectivity index (χ0) is 13.9. The van der Waals surface area contributed by atoms with Crippen molar-refractivity contribution in [1.82, 2.24) is 4.90 Å². The monoisotopic (exact) mass is 275 g/mol. The third kappa shape index (κ3) is 1.49. The maximum absolute atomic E-state index is 12.4. The number of imide groups is 1. The van der Waals surface area contributed by atoms with Gasteiger partial charge >= 0.3 is 0 Å². The molecule has 1 aromatic carbocycles. The average molecular weight is 275 g/mol. The second kappa shape index (κ2) is 4.12. The van der Waals surface area contributed by atoms with Gasteiger partial charge in [-0.25, -0.2) is 0 Å². The Kier molecular flexibility index (Phi) is 2.47. The SMILES string of the molecule is O=C1c2ccccc2C(=O)N1[C@@H]1C[C@@H](O)[C@H]2OC[C@H]1O2. The summed E-state index contributed by atoms with van der Waals surface area (Å²) in [6.07, 6.45) is -1.51. The molecule has 0 saturated carbocycles. The molecule has 104 valence electrons. The summed E-state index contributed by atoms with van der Waals surface area (Å²) in [5.74, 6) is -0.645. The number of aliphatic hydroxyl groups excluding tert-OH is 1. The van der Waals surface area contributed by atoms with Gasteiger partial charge in [0.25, 0.3) is 11.8 Å². The highest BCUT2D eigenvalue weighted by molar-refractivity contribution is 6.21. The van der Waals surface area contributed by atoms with E-state index in [1.165, 1.54) is 4.90 Å². The largest absolute Gasteiger partial charge is 0.388 e. The molecule has 0 unspecified atom stereocenters. The molecule has 2 saturated heterocycles. The van der Waals surface area contributed by atoms with Gasteiger partial charge in [0.1, 0.15) is 12.2 Å². The number of benzene rings is 1. The number of carbonyl (C=O) groups excluding carboxylic acids is 2. The van der Waals surface area contributed by atoms with Crippen LogP contribution >= 0.6 is 0 Å². The minimum atomic E-state index is -0.817. The van der Waals surface area contributed by atoms with Crippen LogP contribution in [0.5, 0.6) is 0 Å². The topological polar surface area (TPSA) is 76.1 Å². The van der Waals surface area contributed by atoms with Crippen molar-refractivity contribution >= 4 is 11.8 Å². The zero-order valence-electron chi connectivity index (χ0n) is 10.6. The lowest BCUT2D eigenvalue weighted by Gasteiger charge is -2.35. The molecule has 20 heavy (non-hydrogen) atoms. The van der Waals surface area contributed by atoms with E-state index in [0.29, 0.717) is 24.2 Å². The first kappa shape index (κ1) is 12.0. The Bertz CT molecular complexity index is 566. The fourth-order valence-corrected chi connectivity index (χ4v) is 3.14. The number of amides is 2. The minimum Gasteiger partial charge on any atom is -0.388 e. The number of rotatable bonds is 1. The molecule has 0 aromatic heterocycles. The van der Waals surface area contributed by atoms with E-state index in [4.69, 9.17) is 9.47 Å². The Morgan fingerprint density at radius 2 is 1.80 bits per heavy atom. The number of hydrogen-bond acceptors (Lipinski definition) is 5. The molecule has 3 aliphatic heterocycles. The van der Waals surface area contributed by atoms with Gasteiger partial charge in [0.05, 0.1) is 23.8 Å². The van der Waals surface area contributed by atoms with E-state index in [2.05, 4.69) is 0 Å². The van der Waals surface area contributed by atoms with Crippen LogP contribution in [0, 0.1) is 0 Å². The van der Waals surface area contributed by atoms with Gasteiger partial charge < -0.3 is 14.6 Å². The van der Waals surface area contributed by atoms with Crippen molar-refractivity contribution in [1.29, 1.82) is 0 Å². The molecule has 2 amide bonds. The van der Waals surface area contributed by atoms with E-state index in [1.54, 1.807) is 24.3 Å². The molecule has 0 aliphatic carbocycles. The van der Waals surface area contributed by atoms with E-state index >= 15 is 0 Å². The maximum Gasteiger partial charge on any atom is 0.261 e. The Morgan fingerprint density at radius 1 is 1.15 bits per heavy atom. The summed E-state index contributed by atoms with van der Waals surface area (Å²) >= 11 is 0. The summed E-state index contributed by atoms with van der Waals surface area (Å²) in [6.45, 7) is 0.291. The van der Waals surface area contributed by atoms with Gasteiger partial charge in [-0.3, -0.25) is 14.5 Å². The van der Waals surface area contributed by atoms with Crippen molar-refractivity contribution in [3.05, 3.63) is 35.4 Å². The molecule has 3 aliphatic rings. The standard InChI is InChI=1S/C14H13NO5/c16-10-5-9(11-6-19-14(10)20-11)15-12(17)7-3-1-2-4-8(7)13(15)18/h1-4,9-11,14,16H,5-6H2/t9-,10-,11-,14+/m1/s1. The Morgan fingerprint density at radius 3 is 2.45 bits per heavy atom. The molecule has 0 spiro atoms. The van der Waals surface area contributed by atoms with Crippen molar-refractivity contribution in [3.63, 3.8) is 0 Å². The summed E-state index contributed by atoms with van der Waals surface area (Å²) < 4.78 is 10.8. The van der Waals surface area contributed by atoms with Crippen LogP contribution in [-0.2, 0) is 9.47 Å². The number of hydrogen-bond donors (Lipinski definition) is 1. The van der Waals surface area contributed by atoms with E-state index in [-0.39, 0.29) is 17.9 Å². The highest BCUT2D eigenvalue weighted by Gasteiger charge is 2.50. The van der Waals surface area contributed by atoms with E-state index < -0.39 is 18.4 Å². The lowest BCUT2D eigenvalue weighted by Crippen LogP contribution is -2.53. The van der Waals surface area contributed by atoms with Crippen LogP contribution in [0.4, 0.5) is 0 Å². The normalized spacial score (nSPS) is 35.5. The molecular weight excluding hydrogens is 262 g/mol. The van der Waals surface area contributed by atoms with Crippen LogP contribution in [0.15, 0.2) is 24.3 Å². The summed E-state index contributed by atoms with van der Waals surface area (Å²) in [7, 11) is 0. The molecule has 4 rings (SSSR count). The summed E-state index contributed by atoms with van der Waals surface area (Å²) in [5, 5.41) is 9.92. The van der Waals surface area contributed by atoms with E-state index in [0.717, 1.165) is 0 Å². The number of ether oxygens (including phenoxy) is 2. The zero-order valence-corrected chi connectivity index (χ0v) is 10.6. The number of fused-ring (bicyclic) bond motifs is 3. The highest BCUT2D eigenvalue weighted by Crippen LogP contribution is 2.35. The Hall–Kier alpha value is -1.76. The smallest absolute Gasteiger partial charge is 0.261 e. The molecule has 1 aromatic rings. The van der Waals surface area contributed by atoms with Crippen LogP contribution in [0.2, 0.25) is 0 Å². The second-order valence-corrected chi connectivity index (χ2v) is 5.27. The fourth-order valence-electron chi connectivity index (χ4n) is 3.14. The van der Waals surface area contributed by atoms with Crippen LogP contribution in [0.3, 0.4) is 0 Å². The minimum absolute atomic E-state index is 0.291. The molecule has 6 heteroatoms. The van der Waals surface area contributed by atoms with Gasteiger partial charge in [0, 0.05) is 6.42 Å². The molecule has 3 heterocycles. The molecule has 2 fully saturated rings. The first-order valence-electron chi connectivity index (χ1n) is 6.59. The van der Waals surface area contributed by atoms with Crippen molar-refractivity contribution in [2.24, 2.45) is 0 Å². The molecular formula is C14H13NO5. The maximum atomic E-state index is 12.4. The third-order valence-electron chi connectivity index (χ3n) is 4.12. The molecule has 0 radical (unpaired) electrons. The van der Waals surface area contributed by atoms with Gasteiger partial charge in [-0.1, -0.05) is 12.1 Å². The predicted molar refractivity (Wildman–Crippen MR) is 66.0 cm³/mol. The van der Waals surface area contributed by atoms with Crippen molar-refractivity contribution in [3.8, 4) is 0 Å². The van der Waals surface area contributed by atoms with E-state index in [1.807, 2.05) is 0 Å². The average Bonchev–Trinajstić information content (AvgIpc) is 2.99. The first-order chi connectivity index (χ1) is 9.66. The van der Waals surface area contributed by atoms with Crippen LogP contribution in [-0.4, -0.2) is 53.0 Å². The van der Waals surface area contributed by atoms with E-state index in [9.17, 15) is 14.7 Å². The fraction of sp³-hybridized carbons (Fsp3) is 0.429. The van der Waals surface area contributed by atoms with Crippen molar-refractivity contribution < 1.29 is 24.2 Å².